The number of nitrogens with zero attached hydrogens (tertiary/aromatic N) is 4. The van der Waals surface area contributed by atoms with Gasteiger partial charge in [0.05, 0.1) is 11.4 Å². The van der Waals surface area contributed by atoms with Crippen molar-refractivity contribution in [3.05, 3.63) is 65.9 Å². The number of aryl methyl sites for hydroxylation is 1. The van der Waals surface area contributed by atoms with Crippen molar-refractivity contribution in [1.82, 2.24) is 19.6 Å². The Labute approximate surface area is 182 Å². The molecule has 0 spiro atoms. The molecular weight excluding hydrogens is 390 g/mol. The third-order valence-electron chi connectivity index (χ3n) is 5.57. The Bertz CT molecular complexity index is 1080. The SMILES string of the molecule is CC(=O)Nc1c(-c2ccccc2)c(C)nn1-c1ccc(C(=O)N2CCN(C)CC2)cc1. The molecular formula is C24H27N5O2. The first-order valence-electron chi connectivity index (χ1n) is 10.4. The lowest BCUT2D eigenvalue weighted by atomic mass is 10.1. The molecule has 3 aromatic rings. The van der Waals surface area contributed by atoms with Gasteiger partial charge in [-0.3, -0.25) is 9.59 Å². The zero-order valence-electron chi connectivity index (χ0n) is 18.1. The Morgan fingerprint density at radius 2 is 1.58 bits per heavy atom. The van der Waals surface area contributed by atoms with Crippen LogP contribution in [0.5, 0.6) is 0 Å². The number of hydrogen-bond donors (Lipinski definition) is 1. The van der Waals surface area contributed by atoms with E-state index in [9.17, 15) is 9.59 Å². The van der Waals surface area contributed by atoms with Crippen molar-refractivity contribution >= 4 is 17.6 Å². The highest BCUT2D eigenvalue weighted by Gasteiger charge is 2.22. The minimum atomic E-state index is -0.166. The van der Waals surface area contributed by atoms with Gasteiger partial charge in [0.2, 0.25) is 5.91 Å². The van der Waals surface area contributed by atoms with Crippen molar-refractivity contribution < 1.29 is 9.59 Å². The summed E-state index contributed by atoms with van der Waals surface area (Å²) in [7, 11) is 2.07. The van der Waals surface area contributed by atoms with E-state index < -0.39 is 0 Å². The Kier molecular flexibility index (Phi) is 5.86. The van der Waals surface area contributed by atoms with Crippen LogP contribution in [-0.2, 0) is 4.79 Å². The summed E-state index contributed by atoms with van der Waals surface area (Å²) in [5.74, 6) is 0.498. The third-order valence-corrected chi connectivity index (χ3v) is 5.57. The lowest BCUT2D eigenvalue weighted by molar-refractivity contribution is -0.114. The second-order valence-corrected chi connectivity index (χ2v) is 7.91. The molecule has 1 aromatic heterocycles. The van der Waals surface area contributed by atoms with E-state index in [0.29, 0.717) is 11.4 Å². The van der Waals surface area contributed by atoms with Crippen LogP contribution in [0.1, 0.15) is 23.0 Å². The molecule has 0 bridgehead atoms. The minimum absolute atomic E-state index is 0.0448. The van der Waals surface area contributed by atoms with E-state index in [0.717, 1.165) is 48.7 Å². The highest BCUT2D eigenvalue weighted by atomic mass is 16.2. The summed E-state index contributed by atoms with van der Waals surface area (Å²) in [6.45, 7) is 6.66. The van der Waals surface area contributed by atoms with Gasteiger partial charge < -0.3 is 15.1 Å². The van der Waals surface area contributed by atoms with Crippen LogP contribution in [0.3, 0.4) is 0 Å². The summed E-state index contributed by atoms with van der Waals surface area (Å²) in [6.07, 6.45) is 0. The van der Waals surface area contributed by atoms with E-state index >= 15 is 0 Å². The molecule has 31 heavy (non-hydrogen) atoms. The van der Waals surface area contributed by atoms with Gasteiger partial charge in [0.25, 0.3) is 5.91 Å². The quantitative estimate of drug-likeness (QED) is 0.708. The van der Waals surface area contributed by atoms with E-state index in [-0.39, 0.29) is 11.8 Å². The molecule has 1 saturated heterocycles. The smallest absolute Gasteiger partial charge is 0.253 e. The first-order valence-corrected chi connectivity index (χ1v) is 10.4. The number of piperazine rings is 1. The number of carbonyl (C=O) groups excluding carboxylic acids is 2. The molecule has 2 aromatic carbocycles. The second kappa shape index (κ2) is 8.73. The van der Waals surface area contributed by atoms with Crippen LogP contribution in [0.2, 0.25) is 0 Å². The predicted molar refractivity (Wildman–Crippen MR) is 121 cm³/mol. The van der Waals surface area contributed by atoms with E-state index in [1.54, 1.807) is 4.68 Å². The first-order chi connectivity index (χ1) is 14.9. The molecule has 160 valence electrons. The molecule has 7 nitrogen and oxygen atoms in total. The van der Waals surface area contributed by atoms with Gasteiger partial charge in [-0.15, -0.1) is 0 Å². The monoisotopic (exact) mass is 417 g/mol. The van der Waals surface area contributed by atoms with Crippen LogP contribution in [-0.4, -0.2) is 64.6 Å². The summed E-state index contributed by atoms with van der Waals surface area (Å²) < 4.78 is 1.73. The molecule has 4 rings (SSSR count). The molecule has 0 atom stereocenters. The maximum atomic E-state index is 12.8. The summed E-state index contributed by atoms with van der Waals surface area (Å²) in [6, 6.07) is 17.3. The van der Waals surface area contributed by atoms with E-state index in [2.05, 4.69) is 22.4 Å². The van der Waals surface area contributed by atoms with Crippen molar-refractivity contribution in [1.29, 1.82) is 0 Å². The molecule has 1 aliphatic heterocycles. The lowest BCUT2D eigenvalue weighted by Crippen LogP contribution is -2.47. The number of nitrogens with one attached hydrogen (secondary N) is 1. The number of hydrogen-bond acceptors (Lipinski definition) is 4. The van der Waals surface area contributed by atoms with Gasteiger partial charge in [-0.1, -0.05) is 30.3 Å². The number of benzene rings is 2. The number of carbonyl (C=O) groups is 2. The van der Waals surface area contributed by atoms with Gasteiger partial charge in [0.15, 0.2) is 0 Å². The van der Waals surface area contributed by atoms with Crippen LogP contribution in [0.4, 0.5) is 5.82 Å². The number of amides is 2. The molecule has 1 N–H and O–H groups in total. The zero-order chi connectivity index (χ0) is 22.0. The van der Waals surface area contributed by atoms with Crippen molar-refractivity contribution in [2.24, 2.45) is 0 Å². The minimum Gasteiger partial charge on any atom is -0.336 e. The number of likely N-dealkylation sites (N-methyl/N-ethyl adjacent to an activating group) is 1. The Morgan fingerprint density at radius 3 is 2.19 bits per heavy atom. The fourth-order valence-corrected chi connectivity index (χ4v) is 3.88. The molecule has 0 saturated carbocycles. The van der Waals surface area contributed by atoms with Crippen molar-refractivity contribution in [3.8, 4) is 16.8 Å². The fourth-order valence-electron chi connectivity index (χ4n) is 3.88. The normalized spacial score (nSPS) is 14.5. The maximum absolute atomic E-state index is 12.8. The summed E-state index contributed by atoms with van der Waals surface area (Å²) in [5.41, 5.74) is 4.11. The van der Waals surface area contributed by atoms with Crippen LogP contribution in [0.15, 0.2) is 54.6 Å². The van der Waals surface area contributed by atoms with Crippen LogP contribution in [0, 0.1) is 6.92 Å². The Balaban J connectivity index is 1.66. The third kappa shape index (κ3) is 4.36. The highest BCUT2D eigenvalue weighted by Crippen LogP contribution is 2.33. The van der Waals surface area contributed by atoms with Gasteiger partial charge in [-0.25, -0.2) is 4.68 Å². The van der Waals surface area contributed by atoms with E-state index in [4.69, 9.17) is 0 Å². The topological polar surface area (TPSA) is 70.5 Å². The van der Waals surface area contributed by atoms with Gasteiger partial charge >= 0.3 is 0 Å². The van der Waals surface area contributed by atoms with Gasteiger partial charge in [0, 0.05) is 44.2 Å². The van der Waals surface area contributed by atoms with Crippen molar-refractivity contribution in [2.45, 2.75) is 13.8 Å². The predicted octanol–water partition coefficient (Wildman–Crippen LogP) is 3.19. The Hall–Kier alpha value is -3.45. The van der Waals surface area contributed by atoms with Gasteiger partial charge in [0.1, 0.15) is 5.82 Å². The van der Waals surface area contributed by atoms with Crippen molar-refractivity contribution in [3.63, 3.8) is 0 Å². The summed E-state index contributed by atoms with van der Waals surface area (Å²) >= 11 is 0. The fraction of sp³-hybridized carbons (Fsp3) is 0.292. The van der Waals surface area contributed by atoms with Crippen LogP contribution < -0.4 is 5.32 Å². The first kappa shape index (κ1) is 20.8. The van der Waals surface area contributed by atoms with E-state index in [1.165, 1.54) is 6.92 Å². The number of anilines is 1. The molecule has 0 aliphatic carbocycles. The standard InChI is InChI=1S/C24H27N5O2/c1-17-22(19-7-5-4-6-8-19)23(25-18(2)30)29(26-17)21-11-9-20(10-12-21)24(31)28-15-13-27(3)14-16-28/h4-12H,13-16H2,1-3H3,(H,25,30). The zero-order valence-corrected chi connectivity index (χ0v) is 18.1. The highest BCUT2D eigenvalue weighted by molar-refractivity contribution is 5.95. The molecule has 1 aliphatic rings. The molecule has 0 unspecified atom stereocenters. The van der Waals surface area contributed by atoms with Crippen LogP contribution >= 0.6 is 0 Å². The molecule has 7 heteroatoms. The second-order valence-electron chi connectivity index (χ2n) is 7.91. The molecule has 2 amide bonds. The van der Waals surface area contributed by atoms with Crippen molar-refractivity contribution in [2.75, 3.05) is 38.5 Å². The average molecular weight is 418 g/mol. The van der Waals surface area contributed by atoms with E-state index in [1.807, 2.05) is 66.4 Å². The number of rotatable bonds is 4. The number of aromatic nitrogens is 2. The maximum Gasteiger partial charge on any atom is 0.253 e. The lowest BCUT2D eigenvalue weighted by Gasteiger charge is -2.32. The van der Waals surface area contributed by atoms with Gasteiger partial charge in [-0.2, -0.15) is 5.10 Å². The average Bonchev–Trinajstić information content (AvgIpc) is 3.09. The molecule has 0 radical (unpaired) electrons. The Morgan fingerprint density at radius 1 is 0.935 bits per heavy atom. The van der Waals surface area contributed by atoms with Gasteiger partial charge in [-0.05, 0) is 43.8 Å². The largest absolute Gasteiger partial charge is 0.336 e. The summed E-state index contributed by atoms with van der Waals surface area (Å²) in [5, 5.41) is 7.62. The molecule has 1 fully saturated rings. The summed E-state index contributed by atoms with van der Waals surface area (Å²) in [4.78, 5) is 28.9. The van der Waals surface area contributed by atoms with Crippen LogP contribution in [0.25, 0.3) is 16.8 Å². The molecule has 2 heterocycles.